The highest BCUT2D eigenvalue weighted by Crippen LogP contribution is 2.19. The van der Waals surface area contributed by atoms with Gasteiger partial charge in [0.2, 0.25) is 0 Å². The van der Waals surface area contributed by atoms with E-state index >= 15 is 0 Å². The van der Waals surface area contributed by atoms with Gasteiger partial charge in [-0.2, -0.15) is 0 Å². The summed E-state index contributed by atoms with van der Waals surface area (Å²) in [5.41, 5.74) is 2.44. The van der Waals surface area contributed by atoms with Crippen LogP contribution in [0.2, 0.25) is 0 Å². The quantitative estimate of drug-likeness (QED) is 0.799. The molecule has 0 saturated heterocycles. The van der Waals surface area contributed by atoms with Gasteiger partial charge in [0.25, 0.3) is 0 Å². The fourth-order valence-corrected chi connectivity index (χ4v) is 2.03. The van der Waals surface area contributed by atoms with E-state index in [0.29, 0.717) is 0 Å². The zero-order valence-electron chi connectivity index (χ0n) is 11.4. The van der Waals surface area contributed by atoms with Crippen molar-refractivity contribution in [2.45, 2.75) is 25.9 Å². The zero-order valence-corrected chi connectivity index (χ0v) is 11.4. The molecule has 18 heavy (non-hydrogen) atoms. The number of nitrogens with zero attached hydrogens (tertiary/aromatic N) is 1. The van der Waals surface area contributed by atoms with Crippen molar-refractivity contribution in [2.24, 2.45) is 0 Å². The lowest BCUT2D eigenvalue weighted by atomic mass is 10.1. The second kappa shape index (κ2) is 5.76. The first kappa shape index (κ1) is 12.7. The molecule has 2 nitrogen and oxygen atoms in total. The first-order valence-electron chi connectivity index (χ1n) is 6.44. The summed E-state index contributed by atoms with van der Waals surface area (Å²) in [5.74, 6) is 1.04. The van der Waals surface area contributed by atoms with Crippen LogP contribution in [0.1, 0.15) is 25.3 Å². The number of benzene rings is 1. The van der Waals surface area contributed by atoms with E-state index in [2.05, 4.69) is 61.5 Å². The summed E-state index contributed by atoms with van der Waals surface area (Å²) in [4.78, 5) is 2.10. The minimum absolute atomic E-state index is 0.225. The van der Waals surface area contributed by atoms with Crippen LogP contribution in [0.3, 0.4) is 0 Å². The van der Waals surface area contributed by atoms with E-state index in [9.17, 15) is 0 Å². The highest BCUT2D eigenvalue weighted by molar-refractivity contribution is 5.55. The van der Waals surface area contributed by atoms with Crippen LogP contribution in [0.25, 0.3) is 6.08 Å². The molecule has 0 bridgehead atoms. The van der Waals surface area contributed by atoms with E-state index in [1.165, 1.54) is 11.3 Å². The minimum atomic E-state index is 0.225. The molecule has 0 spiro atoms. The Balaban J connectivity index is 1.98. The first-order chi connectivity index (χ1) is 8.65. The summed E-state index contributed by atoms with van der Waals surface area (Å²) in [7, 11) is 4.10. The molecule has 1 aromatic carbocycles. The van der Waals surface area contributed by atoms with E-state index < -0.39 is 0 Å². The van der Waals surface area contributed by atoms with Crippen molar-refractivity contribution >= 4 is 11.8 Å². The van der Waals surface area contributed by atoms with Gasteiger partial charge in [-0.15, -0.1) is 0 Å². The van der Waals surface area contributed by atoms with Gasteiger partial charge in [-0.05, 0) is 49.6 Å². The predicted molar refractivity (Wildman–Crippen MR) is 77.7 cm³/mol. The van der Waals surface area contributed by atoms with E-state index in [4.69, 9.17) is 4.74 Å². The molecule has 0 N–H and O–H groups in total. The summed E-state index contributed by atoms with van der Waals surface area (Å²) in [5, 5.41) is 0. The molecule has 1 heterocycles. The van der Waals surface area contributed by atoms with Gasteiger partial charge in [-0.3, -0.25) is 0 Å². The molecule has 0 amide bonds. The summed E-state index contributed by atoms with van der Waals surface area (Å²) >= 11 is 0. The molecule has 2 heteroatoms. The smallest absolute Gasteiger partial charge is 0.117 e. The molecule has 0 aromatic heterocycles. The van der Waals surface area contributed by atoms with Crippen molar-refractivity contribution in [1.82, 2.24) is 0 Å². The third-order valence-electron chi connectivity index (χ3n) is 3.13. The van der Waals surface area contributed by atoms with E-state index in [-0.39, 0.29) is 6.10 Å². The van der Waals surface area contributed by atoms with E-state index in [0.717, 1.165) is 18.6 Å². The Kier molecular flexibility index (Phi) is 4.08. The van der Waals surface area contributed by atoms with Gasteiger partial charge in [-0.25, -0.2) is 0 Å². The van der Waals surface area contributed by atoms with Crippen LogP contribution < -0.4 is 4.90 Å². The molecule has 0 saturated carbocycles. The third-order valence-corrected chi connectivity index (χ3v) is 3.13. The van der Waals surface area contributed by atoms with Gasteiger partial charge in [0.1, 0.15) is 6.10 Å². The fourth-order valence-electron chi connectivity index (χ4n) is 2.03. The van der Waals surface area contributed by atoms with Crippen LogP contribution >= 0.6 is 0 Å². The van der Waals surface area contributed by atoms with Crippen LogP contribution in [0.5, 0.6) is 0 Å². The summed E-state index contributed by atoms with van der Waals surface area (Å²) in [6.45, 7) is 2.02. The highest BCUT2D eigenvalue weighted by Gasteiger charge is 2.09. The monoisotopic (exact) mass is 243 g/mol. The lowest BCUT2D eigenvalue weighted by molar-refractivity contribution is 0.135. The van der Waals surface area contributed by atoms with Crippen LogP contribution in [0.15, 0.2) is 42.2 Å². The third kappa shape index (κ3) is 3.39. The lowest BCUT2D eigenvalue weighted by Crippen LogP contribution is -2.11. The van der Waals surface area contributed by atoms with Crippen molar-refractivity contribution < 1.29 is 4.74 Å². The number of allylic oxidation sites excluding steroid dienone is 2. The normalized spacial score (nSPS) is 19.5. The van der Waals surface area contributed by atoms with Crippen LogP contribution in [0, 0.1) is 0 Å². The number of anilines is 1. The predicted octanol–water partition coefficient (Wildman–Crippen LogP) is 3.85. The van der Waals surface area contributed by atoms with Gasteiger partial charge < -0.3 is 9.64 Å². The maximum absolute atomic E-state index is 5.74. The maximum Gasteiger partial charge on any atom is 0.117 e. The van der Waals surface area contributed by atoms with Crippen molar-refractivity contribution in [1.29, 1.82) is 0 Å². The Labute approximate surface area is 110 Å². The molecule has 2 rings (SSSR count). The Morgan fingerprint density at radius 1 is 1.22 bits per heavy atom. The van der Waals surface area contributed by atoms with Gasteiger partial charge >= 0.3 is 0 Å². The van der Waals surface area contributed by atoms with Gasteiger partial charge in [0.05, 0.1) is 5.76 Å². The van der Waals surface area contributed by atoms with Crippen molar-refractivity contribution in [3.05, 3.63) is 47.7 Å². The van der Waals surface area contributed by atoms with E-state index in [1.54, 1.807) is 0 Å². The zero-order chi connectivity index (χ0) is 13.0. The summed E-state index contributed by atoms with van der Waals surface area (Å²) < 4.78 is 5.74. The molecule has 96 valence electrons. The molecule has 1 aliphatic rings. The highest BCUT2D eigenvalue weighted by atomic mass is 16.5. The summed E-state index contributed by atoms with van der Waals surface area (Å²) in [6, 6.07) is 8.54. The molecule has 1 atom stereocenters. The Hall–Kier alpha value is -1.70. The van der Waals surface area contributed by atoms with Crippen molar-refractivity contribution in [2.75, 3.05) is 19.0 Å². The Morgan fingerprint density at radius 2 is 1.94 bits per heavy atom. The molecular weight excluding hydrogens is 222 g/mol. The van der Waals surface area contributed by atoms with Crippen molar-refractivity contribution in [3.8, 4) is 0 Å². The number of rotatable bonds is 3. The second-order valence-corrected chi connectivity index (χ2v) is 4.89. The SMILES string of the molecule is CC1=CCCC(/C=C/c2ccc(N(C)C)cc2)O1. The molecule has 1 unspecified atom stereocenters. The van der Waals surface area contributed by atoms with Crippen LogP contribution in [-0.4, -0.2) is 20.2 Å². The average molecular weight is 243 g/mol. The van der Waals surface area contributed by atoms with Crippen LogP contribution in [0.4, 0.5) is 5.69 Å². The topological polar surface area (TPSA) is 12.5 Å². The Bertz CT molecular complexity index is 443. The standard InChI is InChI=1S/C16H21NO/c1-13-5-4-6-16(18-13)12-9-14-7-10-15(11-8-14)17(2)3/h5,7-12,16H,4,6H2,1-3H3/b12-9+. The average Bonchev–Trinajstić information content (AvgIpc) is 2.37. The number of ether oxygens (including phenoxy) is 1. The van der Waals surface area contributed by atoms with Crippen LogP contribution in [-0.2, 0) is 4.74 Å². The molecule has 0 radical (unpaired) electrons. The molecule has 1 aromatic rings. The number of hydrogen-bond acceptors (Lipinski definition) is 2. The van der Waals surface area contributed by atoms with Gasteiger partial charge in [0.15, 0.2) is 0 Å². The molecule has 0 aliphatic carbocycles. The number of hydrogen-bond donors (Lipinski definition) is 0. The molecule has 0 fully saturated rings. The molecular formula is C16H21NO. The minimum Gasteiger partial charge on any atom is -0.491 e. The largest absolute Gasteiger partial charge is 0.491 e. The molecule has 1 aliphatic heterocycles. The summed E-state index contributed by atoms with van der Waals surface area (Å²) in [6.07, 6.45) is 8.85. The Morgan fingerprint density at radius 3 is 2.56 bits per heavy atom. The van der Waals surface area contributed by atoms with E-state index in [1.807, 2.05) is 6.92 Å². The maximum atomic E-state index is 5.74. The lowest BCUT2D eigenvalue weighted by Gasteiger charge is -2.20. The fraction of sp³-hybridized carbons (Fsp3) is 0.375. The first-order valence-corrected chi connectivity index (χ1v) is 6.44. The second-order valence-electron chi connectivity index (χ2n) is 4.89. The van der Waals surface area contributed by atoms with Gasteiger partial charge in [-0.1, -0.05) is 18.2 Å². The van der Waals surface area contributed by atoms with Gasteiger partial charge in [0, 0.05) is 19.8 Å². The van der Waals surface area contributed by atoms with Crippen molar-refractivity contribution in [3.63, 3.8) is 0 Å².